The number of methoxy groups -OCH3 is 1. The molecule has 29 heavy (non-hydrogen) atoms. The number of thioether (sulfide) groups is 1. The van der Waals surface area contributed by atoms with Gasteiger partial charge in [-0.05, 0) is 49.9 Å². The molecule has 0 radical (unpaired) electrons. The Morgan fingerprint density at radius 2 is 2.07 bits per heavy atom. The summed E-state index contributed by atoms with van der Waals surface area (Å²) in [5, 5.41) is 12.4. The lowest BCUT2D eigenvalue weighted by atomic mass is 9.85. The molecule has 1 aliphatic carbocycles. The van der Waals surface area contributed by atoms with Crippen molar-refractivity contribution < 1.29 is 9.53 Å². The third-order valence-corrected chi connectivity index (χ3v) is 6.54. The lowest BCUT2D eigenvalue weighted by Crippen LogP contribution is -2.31. The van der Waals surface area contributed by atoms with Gasteiger partial charge >= 0.3 is 0 Å². The first-order chi connectivity index (χ1) is 14.0. The summed E-state index contributed by atoms with van der Waals surface area (Å²) in [6, 6.07) is 8.25. The zero-order valence-electron chi connectivity index (χ0n) is 17.4. The zero-order chi connectivity index (χ0) is 20.8. The number of carbonyl (C=O) groups excluding carboxylic acids is 1. The molecule has 7 heteroatoms. The van der Waals surface area contributed by atoms with Gasteiger partial charge in [0, 0.05) is 18.2 Å². The van der Waals surface area contributed by atoms with Crippen molar-refractivity contribution in [3.8, 4) is 17.1 Å². The summed E-state index contributed by atoms with van der Waals surface area (Å²) in [4.78, 5) is 12.4. The number of amides is 1. The van der Waals surface area contributed by atoms with Crippen LogP contribution < -0.4 is 10.1 Å². The fourth-order valence-electron chi connectivity index (χ4n) is 3.80. The molecule has 0 saturated heterocycles. The topological polar surface area (TPSA) is 69.0 Å². The normalized spacial score (nSPS) is 20.1. The highest BCUT2D eigenvalue weighted by atomic mass is 32.2. The van der Waals surface area contributed by atoms with Gasteiger partial charge in [0.2, 0.25) is 5.91 Å². The summed E-state index contributed by atoms with van der Waals surface area (Å²) >= 11 is 1.47. The molecule has 156 valence electrons. The molecule has 1 amide bonds. The average Bonchev–Trinajstić information content (AvgIpc) is 3.15. The first-order valence-corrected chi connectivity index (χ1v) is 11.1. The largest absolute Gasteiger partial charge is 0.497 e. The van der Waals surface area contributed by atoms with E-state index in [1.807, 2.05) is 31.2 Å². The third-order valence-electron chi connectivity index (χ3n) is 5.48. The van der Waals surface area contributed by atoms with Crippen molar-refractivity contribution in [3.63, 3.8) is 0 Å². The van der Waals surface area contributed by atoms with Crippen molar-refractivity contribution in [1.29, 1.82) is 0 Å². The van der Waals surface area contributed by atoms with E-state index in [9.17, 15) is 4.79 Å². The summed E-state index contributed by atoms with van der Waals surface area (Å²) in [6.07, 6.45) is 6.45. The summed E-state index contributed by atoms with van der Waals surface area (Å²) in [5.74, 6) is 2.19. The predicted molar refractivity (Wildman–Crippen MR) is 117 cm³/mol. The molecular formula is C22H30N4O2S. The van der Waals surface area contributed by atoms with Crippen LogP contribution in [-0.4, -0.2) is 39.6 Å². The van der Waals surface area contributed by atoms with E-state index in [2.05, 4.69) is 33.6 Å². The molecule has 1 aliphatic rings. The maximum Gasteiger partial charge on any atom is 0.233 e. The molecule has 6 nitrogen and oxygen atoms in total. The lowest BCUT2D eigenvalue weighted by molar-refractivity contribution is -0.120. The molecule has 0 unspecified atom stereocenters. The maximum atomic E-state index is 12.4. The van der Waals surface area contributed by atoms with E-state index in [4.69, 9.17) is 4.74 Å². The Morgan fingerprint density at radius 3 is 2.72 bits per heavy atom. The Labute approximate surface area is 177 Å². The number of nitrogens with one attached hydrogen (secondary N) is 1. The molecule has 0 bridgehead atoms. The molecule has 1 saturated carbocycles. The number of rotatable bonds is 8. The van der Waals surface area contributed by atoms with E-state index >= 15 is 0 Å². The standard InChI is InChI=1S/C22H30N4O2S/c1-5-14-23-21(27)16(3)29-22-25-24-20(17-10-12-18(28-4)13-11-17)26(22)19-9-7-6-8-15(19)2/h5,10-13,15-16,19H,1,6-9,14H2,2-4H3,(H,23,27)/t15-,16+,19+/m1/s1. The number of aromatic nitrogens is 3. The molecule has 1 heterocycles. The van der Waals surface area contributed by atoms with Gasteiger partial charge in [-0.25, -0.2) is 0 Å². The molecule has 3 atom stereocenters. The Kier molecular flexibility index (Phi) is 7.36. The van der Waals surface area contributed by atoms with Crippen LogP contribution in [0.25, 0.3) is 11.4 Å². The van der Waals surface area contributed by atoms with Crippen LogP contribution in [0.15, 0.2) is 42.1 Å². The maximum absolute atomic E-state index is 12.4. The van der Waals surface area contributed by atoms with Crippen LogP contribution in [0, 0.1) is 5.92 Å². The Morgan fingerprint density at radius 1 is 1.34 bits per heavy atom. The van der Waals surface area contributed by atoms with E-state index in [1.165, 1.54) is 31.0 Å². The highest BCUT2D eigenvalue weighted by Gasteiger charge is 2.30. The number of benzene rings is 1. The lowest BCUT2D eigenvalue weighted by Gasteiger charge is -2.31. The van der Waals surface area contributed by atoms with Crippen molar-refractivity contribution in [2.45, 2.75) is 56.0 Å². The van der Waals surface area contributed by atoms with E-state index < -0.39 is 0 Å². The molecule has 1 aromatic carbocycles. The second-order valence-corrected chi connectivity index (χ2v) is 8.84. The van der Waals surface area contributed by atoms with Crippen LogP contribution in [0.1, 0.15) is 45.6 Å². The fourth-order valence-corrected chi connectivity index (χ4v) is 4.73. The van der Waals surface area contributed by atoms with Gasteiger partial charge in [-0.1, -0.05) is 37.6 Å². The highest BCUT2D eigenvalue weighted by Crippen LogP contribution is 2.39. The van der Waals surface area contributed by atoms with Crippen LogP contribution in [0.5, 0.6) is 5.75 Å². The van der Waals surface area contributed by atoms with Crippen molar-refractivity contribution in [2.75, 3.05) is 13.7 Å². The molecule has 0 spiro atoms. The van der Waals surface area contributed by atoms with Crippen molar-refractivity contribution >= 4 is 17.7 Å². The molecule has 1 aromatic heterocycles. The quantitative estimate of drug-likeness (QED) is 0.509. The molecule has 0 aliphatic heterocycles. The Balaban J connectivity index is 1.94. The van der Waals surface area contributed by atoms with Gasteiger partial charge in [-0.2, -0.15) is 0 Å². The molecule has 3 rings (SSSR count). The molecular weight excluding hydrogens is 384 g/mol. The van der Waals surface area contributed by atoms with Crippen molar-refractivity contribution in [1.82, 2.24) is 20.1 Å². The van der Waals surface area contributed by atoms with Gasteiger partial charge in [0.05, 0.1) is 12.4 Å². The number of ether oxygens (including phenoxy) is 1. The summed E-state index contributed by atoms with van der Waals surface area (Å²) < 4.78 is 7.54. The summed E-state index contributed by atoms with van der Waals surface area (Å²) in [5.41, 5.74) is 1.01. The SMILES string of the molecule is C=CCNC(=O)[C@H](C)Sc1nnc(-c2ccc(OC)cc2)n1[C@H]1CCCC[C@H]1C. The van der Waals surface area contributed by atoms with Gasteiger partial charge in [0.15, 0.2) is 11.0 Å². The van der Waals surface area contributed by atoms with Crippen LogP contribution in [0.3, 0.4) is 0 Å². The van der Waals surface area contributed by atoms with E-state index in [-0.39, 0.29) is 11.2 Å². The minimum Gasteiger partial charge on any atom is -0.497 e. The Hall–Kier alpha value is -2.28. The monoisotopic (exact) mass is 414 g/mol. The molecule has 1 fully saturated rings. The molecule has 2 aromatic rings. The third kappa shape index (κ3) is 5.01. The van der Waals surface area contributed by atoms with Crippen molar-refractivity contribution in [3.05, 3.63) is 36.9 Å². The number of hydrogen-bond donors (Lipinski definition) is 1. The Bertz CT molecular complexity index is 834. The van der Waals surface area contributed by atoms with Gasteiger partial charge < -0.3 is 10.1 Å². The minimum atomic E-state index is -0.263. The summed E-state index contributed by atoms with van der Waals surface area (Å²) in [7, 11) is 1.66. The van der Waals surface area contributed by atoms with E-state index in [1.54, 1.807) is 13.2 Å². The van der Waals surface area contributed by atoms with Gasteiger partial charge in [0.1, 0.15) is 5.75 Å². The van der Waals surface area contributed by atoms with Crippen LogP contribution in [0.2, 0.25) is 0 Å². The van der Waals surface area contributed by atoms with Gasteiger partial charge in [-0.3, -0.25) is 9.36 Å². The second kappa shape index (κ2) is 9.96. The first kappa shape index (κ1) is 21.4. The molecule has 1 N–H and O–H groups in total. The first-order valence-electron chi connectivity index (χ1n) is 10.2. The number of hydrogen-bond acceptors (Lipinski definition) is 5. The second-order valence-electron chi connectivity index (χ2n) is 7.53. The van der Waals surface area contributed by atoms with Crippen LogP contribution in [-0.2, 0) is 4.79 Å². The zero-order valence-corrected chi connectivity index (χ0v) is 18.2. The minimum absolute atomic E-state index is 0.0212. The van der Waals surface area contributed by atoms with E-state index in [0.717, 1.165) is 28.7 Å². The number of nitrogens with zero attached hydrogens (tertiary/aromatic N) is 3. The van der Waals surface area contributed by atoms with Crippen LogP contribution >= 0.6 is 11.8 Å². The van der Waals surface area contributed by atoms with Crippen LogP contribution in [0.4, 0.5) is 0 Å². The van der Waals surface area contributed by atoms with Gasteiger partial charge in [-0.15, -0.1) is 16.8 Å². The van der Waals surface area contributed by atoms with Crippen molar-refractivity contribution in [2.24, 2.45) is 5.92 Å². The summed E-state index contributed by atoms with van der Waals surface area (Å²) in [6.45, 7) is 8.32. The number of carbonyl (C=O) groups is 1. The smallest absolute Gasteiger partial charge is 0.233 e. The highest BCUT2D eigenvalue weighted by molar-refractivity contribution is 8.00. The predicted octanol–water partition coefficient (Wildman–Crippen LogP) is 4.49. The van der Waals surface area contributed by atoms with E-state index in [0.29, 0.717) is 18.5 Å². The average molecular weight is 415 g/mol. The fraction of sp³-hybridized carbons (Fsp3) is 0.500. The van der Waals surface area contributed by atoms with Gasteiger partial charge in [0.25, 0.3) is 0 Å².